The third-order valence-corrected chi connectivity index (χ3v) is 4.43. The van der Waals surface area contributed by atoms with Crippen LogP contribution in [0.3, 0.4) is 0 Å². The minimum Gasteiger partial charge on any atom is -0.493 e. The minimum absolute atomic E-state index is 0.282. The molecule has 6 heteroatoms. The molecule has 0 saturated carbocycles. The molecule has 0 aliphatic heterocycles. The van der Waals surface area contributed by atoms with Crippen LogP contribution < -0.4 is 20.1 Å². The van der Waals surface area contributed by atoms with E-state index in [4.69, 9.17) is 9.47 Å². The first-order valence-electron chi connectivity index (χ1n) is 9.05. The number of urea groups is 1. The molecule has 3 aromatic rings. The average molecular weight is 379 g/mol. The maximum absolute atomic E-state index is 12.3. The Kier molecular flexibility index (Phi) is 6.22. The summed E-state index contributed by atoms with van der Waals surface area (Å²) in [6.07, 6.45) is 2.02. The molecule has 2 amide bonds. The zero-order valence-corrected chi connectivity index (χ0v) is 16.4. The van der Waals surface area contributed by atoms with E-state index in [0.29, 0.717) is 23.7 Å². The third kappa shape index (κ3) is 4.85. The van der Waals surface area contributed by atoms with E-state index in [2.05, 4.69) is 46.4 Å². The fourth-order valence-electron chi connectivity index (χ4n) is 3.03. The third-order valence-electron chi connectivity index (χ3n) is 4.43. The van der Waals surface area contributed by atoms with E-state index >= 15 is 0 Å². The maximum Gasteiger partial charge on any atom is 0.319 e. The van der Waals surface area contributed by atoms with Gasteiger partial charge in [-0.15, -0.1) is 0 Å². The molecule has 3 rings (SSSR count). The van der Waals surface area contributed by atoms with Crippen molar-refractivity contribution in [2.75, 3.05) is 19.5 Å². The van der Waals surface area contributed by atoms with E-state index in [0.717, 1.165) is 12.2 Å². The molecule has 6 nitrogen and oxygen atoms in total. The molecule has 146 valence electrons. The molecular formula is C22H25N3O3. The maximum atomic E-state index is 12.3. The van der Waals surface area contributed by atoms with E-state index in [1.54, 1.807) is 32.4 Å². The summed E-state index contributed by atoms with van der Waals surface area (Å²) in [5, 5.41) is 5.71. The highest BCUT2D eigenvalue weighted by Crippen LogP contribution is 2.29. The van der Waals surface area contributed by atoms with Crippen LogP contribution in [-0.2, 0) is 13.1 Å². The lowest BCUT2D eigenvalue weighted by molar-refractivity contribution is 0.251. The largest absolute Gasteiger partial charge is 0.493 e. The monoisotopic (exact) mass is 379 g/mol. The lowest BCUT2D eigenvalue weighted by atomic mass is 10.1. The van der Waals surface area contributed by atoms with Gasteiger partial charge in [0.05, 0.1) is 20.8 Å². The van der Waals surface area contributed by atoms with Gasteiger partial charge in [-0.05, 0) is 36.8 Å². The number of carbonyl (C=O) groups excluding carboxylic acids is 1. The Hall–Kier alpha value is -3.41. The van der Waals surface area contributed by atoms with Gasteiger partial charge in [-0.1, -0.05) is 29.8 Å². The summed E-state index contributed by atoms with van der Waals surface area (Å²) in [6, 6.07) is 17.4. The molecule has 0 unspecified atom stereocenters. The SMILES string of the molecule is COc1ccc(NC(=O)NCc2cccn2Cc2cccc(C)c2)cc1OC. The minimum atomic E-state index is -0.282. The summed E-state index contributed by atoms with van der Waals surface area (Å²) in [5.74, 6) is 1.18. The number of nitrogens with zero attached hydrogens (tertiary/aromatic N) is 1. The topological polar surface area (TPSA) is 64.5 Å². The Morgan fingerprint density at radius 1 is 1.00 bits per heavy atom. The van der Waals surface area contributed by atoms with E-state index < -0.39 is 0 Å². The number of hydrogen-bond donors (Lipinski definition) is 2. The Balaban J connectivity index is 1.59. The van der Waals surface area contributed by atoms with Gasteiger partial charge in [0.1, 0.15) is 0 Å². The van der Waals surface area contributed by atoms with Gasteiger partial charge >= 0.3 is 6.03 Å². The lowest BCUT2D eigenvalue weighted by Gasteiger charge is -2.13. The van der Waals surface area contributed by atoms with Crippen molar-refractivity contribution >= 4 is 11.7 Å². The van der Waals surface area contributed by atoms with Crippen LogP contribution in [0, 0.1) is 6.92 Å². The highest BCUT2D eigenvalue weighted by molar-refractivity contribution is 5.89. The van der Waals surface area contributed by atoms with E-state index in [1.807, 2.05) is 18.3 Å². The Morgan fingerprint density at radius 2 is 1.82 bits per heavy atom. The smallest absolute Gasteiger partial charge is 0.319 e. The van der Waals surface area contributed by atoms with Gasteiger partial charge in [-0.25, -0.2) is 4.79 Å². The van der Waals surface area contributed by atoms with Crippen LogP contribution in [0.2, 0.25) is 0 Å². The number of anilines is 1. The first-order valence-corrected chi connectivity index (χ1v) is 9.05. The molecule has 0 spiro atoms. The van der Waals surface area contributed by atoms with Crippen LogP contribution in [0.4, 0.5) is 10.5 Å². The number of ether oxygens (including phenoxy) is 2. The van der Waals surface area contributed by atoms with Gasteiger partial charge in [0.15, 0.2) is 11.5 Å². The van der Waals surface area contributed by atoms with Crippen LogP contribution in [0.1, 0.15) is 16.8 Å². The first-order chi connectivity index (χ1) is 13.6. The summed E-state index contributed by atoms with van der Waals surface area (Å²) in [5.41, 5.74) is 4.13. The number of rotatable bonds is 7. The first kappa shape index (κ1) is 19.4. The van der Waals surface area contributed by atoms with Gasteiger partial charge in [0.2, 0.25) is 0 Å². The molecule has 28 heavy (non-hydrogen) atoms. The van der Waals surface area contributed by atoms with E-state index in [9.17, 15) is 4.79 Å². The van der Waals surface area contributed by atoms with Crippen molar-refractivity contribution in [3.05, 3.63) is 77.6 Å². The zero-order chi connectivity index (χ0) is 19.9. The molecule has 2 N–H and O–H groups in total. The van der Waals surface area contributed by atoms with Crippen LogP contribution >= 0.6 is 0 Å². The van der Waals surface area contributed by atoms with Crippen molar-refractivity contribution in [3.63, 3.8) is 0 Å². The second-order valence-corrected chi connectivity index (χ2v) is 6.49. The summed E-state index contributed by atoms with van der Waals surface area (Å²) >= 11 is 0. The van der Waals surface area contributed by atoms with E-state index in [1.165, 1.54) is 11.1 Å². The Bertz CT molecular complexity index is 950. The fraction of sp³-hybridized carbons (Fsp3) is 0.227. The number of aromatic nitrogens is 1. The standard InChI is InChI=1S/C22H25N3O3/c1-16-6-4-7-17(12-16)15-25-11-5-8-19(25)14-23-22(26)24-18-9-10-20(27-2)21(13-18)28-3/h4-13H,14-15H2,1-3H3,(H2,23,24,26). The van der Waals surface area contributed by atoms with Crippen LogP contribution in [-0.4, -0.2) is 24.8 Å². The average Bonchev–Trinajstić information content (AvgIpc) is 3.13. The van der Waals surface area contributed by atoms with Crippen molar-refractivity contribution < 1.29 is 14.3 Å². The van der Waals surface area contributed by atoms with Crippen LogP contribution in [0.25, 0.3) is 0 Å². The van der Waals surface area contributed by atoms with Crippen molar-refractivity contribution in [1.29, 1.82) is 0 Å². The Labute approximate surface area is 165 Å². The summed E-state index contributed by atoms with van der Waals surface area (Å²) in [7, 11) is 3.13. The van der Waals surface area contributed by atoms with Crippen molar-refractivity contribution in [2.45, 2.75) is 20.0 Å². The van der Waals surface area contributed by atoms with Gasteiger partial charge in [0, 0.05) is 30.2 Å². The highest BCUT2D eigenvalue weighted by atomic mass is 16.5. The fourth-order valence-corrected chi connectivity index (χ4v) is 3.03. The number of methoxy groups -OCH3 is 2. The predicted octanol–water partition coefficient (Wildman–Crippen LogP) is 4.18. The molecule has 1 aromatic heterocycles. The molecule has 0 fully saturated rings. The molecule has 2 aromatic carbocycles. The number of aryl methyl sites for hydroxylation is 1. The molecule has 1 heterocycles. The number of benzene rings is 2. The number of nitrogens with one attached hydrogen (secondary N) is 2. The molecule has 0 aliphatic rings. The van der Waals surface area contributed by atoms with Gasteiger partial charge < -0.3 is 24.7 Å². The van der Waals surface area contributed by atoms with Crippen molar-refractivity contribution in [2.24, 2.45) is 0 Å². The molecule has 0 aliphatic carbocycles. The van der Waals surface area contributed by atoms with Gasteiger partial charge in [-0.2, -0.15) is 0 Å². The molecule has 0 atom stereocenters. The normalized spacial score (nSPS) is 10.4. The van der Waals surface area contributed by atoms with Gasteiger partial charge in [-0.3, -0.25) is 0 Å². The molecule has 0 radical (unpaired) electrons. The summed E-state index contributed by atoms with van der Waals surface area (Å²) in [6.45, 7) is 3.28. The summed E-state index contributed by atoms with van der Waals surface area (Å²) < 4.78 is 12.6. The van der Waals surface area contributed by atoms with Crippen LogP contribution in [0.15, 0.2) is 60.8 Å². The Morgan fingerprint density at radius 3 is 2.57 bits per heavy atom. The second kappa shape index (κ2) is 8.99. The quantitative estimate of drug-likeness (QED) is 0.647. The zero-order valence-electron chi connectivity index (χ0n) is 16.4. The lowest BCUT2D eigenvalue weighted by Crippen LogP contribution is -2.29. The molecule has 0 saturated heterocycles. The molecular weight excluding hydrogens is 354 g/mol. The van der Waals surface area contributed by atoms with Crippen LogP contribution in [0.5, 0.6) is 11.5 Å². The van der Waals surface area contributed by atoms with Crippen molar-refractivity contribution in [1.82, 2.24) is 9.88 Å². The van der Waals surface area contributed by atoms with Crippen molar-refractivity contribution in [3.8, 4) is 11.5 Å². The summed E-state index contributed by atoms with van der Waals surface area (Å²) in [4.78, 5) is 12.3. The number of carbonyl (C=O) groups is 1. The predicted molar refractivity (Wildman–Crippen MR) is 110 cm³/mol. The molecule has 0 bridgehead atoms. The van der Waals surface area contributed by atoms with E-state index in [-0.39, 0.29) is 6.03 Å². The second-order valence-electron chi connectivity index (χ2n) is 6.49. The number of hydrogen-bond acceptors (Lipinski definition) is 3. The highest BCUT2D eigenvalue weighted by Gasteiger charge is 2.08. The van der Waals surface area contributed by atoms with Gasteiger partial charge in [0.25, 0.3) is 0 Å². The number of amides is 2.